The Bertz CT molecular complexity index is 272. The monoisotopic (exact) mass is 303 g/mol. The second kappa shape index (κ2) is 5.29. The predicted molar refractivity (Wildman–Crippen MR) is 76.3 cm³/mol. The van der Waals surface area contributed by atoms with Crippen LogP contribution in [0.25, 0.3) is 0 Å². The summed E-state index contributed by atoms with van der Waals surface area (Å²) in [5.74, 6) is 1.02. The summed E-state index contributed by atoms with van der Waals surface area (Å²) >= 11 is 3.46. The van der Waals surface area contributed by atoms with Gasteiger partial charge in [0.25, 0.3) is 0 Å². The van der Waals surface area contributed by atoms with E-state index >= 15 is 0 Å². The number of halogens is 1. The number of amides is 1. The molecule has 17 heavy (non-hydrogen) atoms. The molecule has 1 N–H and O–H groups in total. The van der Waals surface area contributed by atoms with Crippen LogP contribution in [0.3, 0.4) is 0 Å². The van der Waals surface area contributed by atoms with Gasteiger partial charge in [0, 0.05) is 17.8 Å². The van der Waals surface area contributed by atoms with Crippen LogP contribution >= 0.6 is 15.9 Å². The Morgan fingerprint density at radius 3 is 2.18 bits per heavy atom. The topological polar surface area (TPSA) is 29.1 Å². The number of hydrogen-bond donors (Lipinski definition) is 1. The number of carbonyl (C=O) groups is 1. The number of nitrogens with one attached hydrogen (secondary N) is 1. The number of alkyl halides is 1. The lowest BCUT2D eigenvalue weighted by molar-refractivity contribution is -0.123. The van der Waals surface area contributed by atoms with Gasteiger partial charge in [0.2, 0.25) is 5.91 Å². The molecule has 0 bridgehead atoms. The van der Waals surface area contributed by atoms with E-state index < -0.39 is 0 Å². The minimum atomic E-state index is 0.147. The molecule has 0 saturated heterocycles. The standard InChI is InChI=1S/C14H26BrNO/c1-6-10(7-8-15)9-16-12(17)11-13(2,3)14(11,4)5/h10-11H,6-9H2,1-5H3,(H,16,17). The maximum atomic E-state index is 12.1. The van der Waals surface area contributed by atoms with Crippen molar-refractivity contribution in [2.75, 3.05) is 11.9 Å². The molecule has 100 valence electrons. The zero-order chi connectivity index (χ0) is 13.3. The van der Waals surface area contributed by atoms with E-state index in [-0.39, 0.29) is 22.7 Å². The van der Waals surface area contributed by atoms with Gasteiger partial charge >= 0.3 is 0 Å². The van der Waals surface area contributed by atoms with E-state index in [1.165, 1.54) is 0 Å². The molecule has 1 saturated carbocycles. The SMILES string of the molecule is CCC(CCBr)CNC(=O)C1C(C)(C)C1(C)C. The van der Waals surface area contributed by atoms with Gasteiger partial charge in [-0.2, -0.15) is 0 Å². The van der Waals surface area contributed by atoms with Crippen molar-refractivity contribution in [2.24, 2.45) is 22.7 Å². The van der Waals surface area contributed by atoms with E-state index in [0.29, 0.717) is 5.92 Å². The molecule has 1 atom stereocenters. The molecule has 0 aromatic heterocycles. The number of rotatable bonds is 6. The van der Waals surface area contributed by atoms with Crippen molar-refractivity contribution in [3.63, 3.8) is 0 Å². The van der Waals surface area contributed by atoms with Gasteiger partial charge in [-0.05, 0) is 23.2 Å². The van der Waals surface area contributed by atoms with Crippen LogP contribution in [0.15, 0.2) is 0 Å². The van der Waals surface area contributed by atoms with Crippen molar-refractivity contribution in [1.82, 2.24) is 5.32 Å². The fourth-order valence-corrected chi connectivity index (χ4v) is 3.45. The quantitative estimate of drug-likeness (QED) is 0.746. The highest BCUT2D eigenvalue weighted by molar-refractivity contribution is 9.09. The summed E-state index contributed by atoms with van der Waals surface area (Å²) < 4.78 is 0. The smallest absolute Gasteiger partial charge is 0.224 e. The largest absolute Gasteiger partial charge is 0.356 e. The fraction of sp³-hybridized carbons (Fsp3) is 0.929. The maximum absolute atomic E-state index is 12.1. The van der Waals surface area contributed by atoms with Gasteiger partial charge in [0.15, 0.2) is 0 Å². The molecule has 1 aliphatic rings. The van der Waals surface area contributed by atoms with Crippen LogP contribution in [0.5, 0.6) is 0 Å². The lowest BCUT2D eigenvalue weighted by Gasteiger charge is -2.14. The van der Waals surface area contributed by atoms with Crippen LogP contribution in [-0.2, 0) is 4.79 Å². The zero-order valence-corrected chi connectivity index (χ0v) is 13.4. The molecular formula is C14H26BrNO. The summed E-state index contributed by atoms with van der Waals surface area (Å²) in [5, 5.41) is 4.15. The highest BCUT2D eigenvalue weighted by atomic mass is 79.9. The first kappa shape index (κ1) is 15.0. The predicted octanol–water partition coefficient (Wildman–Crippen LogP) is 3.60. The Balaban J connectivity index is 2.42. The molecule has 1 unspecified atom stereocenters. The van der Waals surface area contributed by atoms with Gasteiger partial charge in [-0.15, -0.1) is 0 Å². The van der Waals surface area contributed by atoms with E-state index in [0.717, 1.165) is 24.7 Å². The van der Waals surface area contributed by atoms with E-state index in [4.69, 9.17) is 0 Å². The second-order valence-corrected chi connectivity index (χ2v) is 7.17. The first-order chi connectivity index (χ1) is 7.79. The maximum Gasteiger partial charge on any atom is 0.224 e. The van der Waals surface area contributed by atoms with Crippen molar-refractivity contribution >= 4 is 21.8 Å². The highest BCUT2D eigenvalue weighted by Crippen LogP contribution is 2.68. The van der Waals surface area contributed by atoms with Crippen LogP contribution in [0.4, 0.5) is 0 Å². The van der Waals surface area contributed by atoms with Crippen molar-refractivity contribution < 1.29 is 4.79 Å². The Labute approximate surface area is 114 Å². The molecular weight excluding hydrogens is 278 g/mol. The molecule has 0 aliphatic heterocycles. The molecule has 0 spiro atoms. The summed E-state index contributed by atoms with van der Waals surface area (Å²) in [7, 11) is 0. The second-order valence-electron chi connectivity index (χ2n) is 6.37. The molecule has 0 heterocycles. The molecule has 3 heteroatoms. The van der Waals surface area contributed by atoms with Crippen molar-refractivity contribution in [3.05, 3.63) is 0 Å². The molecule has 2 nitrogen and oxygen atoms in total. The lowest BCUT2D eigenvalue weighted by Crippen LogP contribution is -2.32. The summed E-state index contributed by atoms with van der Waals surface area (Å²) in [4.78, 5) is 12.1. The van der Waals surface area contributed by atoms with Gasteiger partial charge in [-0.3, -0.25) is 4.79 Å². The van der Waals surface area contributed by atoms with E-state index in [1.54, 1.807) is 0 Å². The molecule has 0 aromatic carbocycles. The Hall–Kier alpha value is -0.0500. The highest BCUT2D eigenvalue weighted by Gasteiger charge is 2.68. The van der Waals surface area contributed by atoms with Crippen molar-refractivity contribution in [3.8, 4) is 0 Å². The first-order valence-electron chi connectivity index (χ1n) is 6.62. The third-order valence-electron chi connectivity index (χ3n) is 4.94. The van der Waals surface area contributed by atoms with Crippen LogP contribution in [0, 0.1) is 22.7 Å². The zero-order valence-electron chi connectivity index (χ0n) is 11.8. The van der Waals surface area contributed by atoms with E-state index in [1.807, 2.05) is 0 Å². The summed E-state index contributed by atoms with van der Waals surface area (Å²) in [6, 6.07) is 0. The molecule has 1 rings (SSSR count). The van der Waals surface area contributed by atoms with Gasteiger partial charge in [0.1, 0.15) is 0 Å². The Kier molecular flexibility index (Phi) is 4.67. The number of hydrogen-bond acceptors (Lipinski definition) is 1. The summed E-state index contributed by atoms with van der Waals surface area (Å²) in [6.07, 6.45) is 2.26. The van der Waals surface area contributed by atoms with Crippen LogP contribution in [-0.4, -0.2) is 17.8 Å². The average Bonchev–Trinajstić information content (AvgIpc) is 2.64. The van der Waals surface area contributed by atoms with E-state index in [9.17, 15) is 4.79 Å². The van der Waals surface area contributed by atoms with Crippen LogP contribution < -0.4 is 5.32 Å². The molecule has 0 radical (unpaired) electrons. The Morgan fingerprint density at radius 1 is 1.29 bits per heavy atom. The lowest BCUT2D eigenvalue weighted by atomic mass is 10.0. The normalized spacial score (nSPS) is 23.2. The summed E-state index contributed by atoms with van der Waals surface area (Å²) in [5.41, 5.74) is 0.294. The van der Waals surface area contributed by atoms with Gasteiger partial charge in [-0.25, -0.2) is 0 Å². The fourth-order valence-electron chi connectivity index (χ4n) is 2.80. The minimum Gasteiger partial charge on any atom is -0.356 e. The third-order valence-corrected chi connectivity index (χ3v) is 5.40. The van der Waals surface area contributed by atoms with Gasteiger partial charge < -0.3 is 5.32 Å². The molecule has 1 aliphatic carbocycles. The number of carbonyl (C=O) groups excluding carboxylic acids is 1. The minimum absolute atomic E-state index is 0.147. The average molecular weight is 304 g/mol. The van der Waals surface area contributed by atoms with Crippen LogP contribution in [0.2, 0.25) is 0 Å². The van der Waals surface area contributed by atoms with E-state index in [2.05, 4.69) is 55.9 Å². The van der Waals surface area contributed by atoms with Crippen LogP contribution in [0.1, 0.15) is 47.5 Å². The van der Waals surface area contributed by atoms with Crippen molar-refractivity contribution in [2.45, 2.75) is 47.5 Å². The molecule has 1 fully saturated rings. The Morgan fingerprint density at radius 2 is 1.82 bits per heavy atom. The summed E-state index contributed by atoms with van der Waals surface area (Å²) in [6.45, 7) is 11.8. The van der Waals surface area contributed by atoms with Gasteiger partial charge in [0.05, 0.1) is 0 Å². The van der Waals surface area contributed by atoms with Crippen molar-refractivity contribution in [1.29, 1.82) is 0 Å². The third kappa shape index (κ3) is 2.86. The van der Waals surface area contributed by atoms with Gasteiger partial charge in [-0.1, -0.05) is 57.0 Å². The molecule has 1 amide bonds. The molecule has 0 aromatic rings. The first-order valence-corrected chi connectivity index (χ1v) is 7.74.